The van der Waals surface area contributed by atoms with Gasteiger partial charge in [0.1, 0.15) is 23.4 Å². The number of phenolic OH excluding ortho intramolecular Hbond substituents is 1. The number of ether oxygens (including phenoxy) is 1. The van der Waals surface area contributed by atoms with Gasteiger partial charge in [0.2, 0.25) is 11.8 Å². The fraction of sp³-hybridized carbons (Fsp3) is 0.710. The summed E-state index contributed by atoms with van der Waals surface area (Å²) in [6.07, 6.45) is 6.14. The fourth-order valence-electron chi connectivity index (χ4n) is 4.29. The van der Waals surface area contributed by atoms with Crippen LogP contribution < -0.4 is 10.6 Å². The lowest BCUT2D eigenvalue weighted by Crippen LogP contribution is -2.56. The lowest BCUT2D eigenvalue weighted by atomic mass is 9.95. The zero-order valence-corrected chi connectivity index (χ0v) is 25.7. The summed E-state index contributed by atoms with van der Waals surface area (Å²) in [6, 6.07) is 4.58. The standard InChI is InChI=1S/C31H53N3O5/c1-10-12-13-14-15-16-21-34(28(37)25(22(3)11-2)32-29(38)39-31(7,8)9)26(27(36)33-30(4,5)6)23-17-19-24(35)20-18-23/h17-20,22,25-26,35H,10-16,21H2,1-9H3,(H,32,38)(H,33,36). The molecule has 0 aliphatic heterocycles. The zero-order valence-electron chi connectivity index (χ0n) is 25.7. The number of aromatic hydroxyl groups is 1. The summed E-state index contributed by atoms with van der Waals surface area (Å²) in [7, 11) is 0. The molecule has 0 aliphatic carbocycles. The van der Waals surface area contributed by atoms with Crippen LogP contribution in [0.15, 0.2) is 24.3 Å². The van der Waals surface area contributed by atoms with E-state index in [9.17, 15) is 19.5 Å². The third kappa shape index (κ3) is 12.8. The highest BCUT2D eigenvalue weighted by molar-refractivity contribution is 5.92. The Kier molecular flexibility index (Phi) is 13.8. The van der Waals surface area contributed by atoms with Gasteiger partial charge in [0.05, 0.1) is 0 Å². The number of hydrogen-bond donors (Lipinski definition) is 3. The number of hydrogen-bond acceptors (Lipinski definition) is 5. The van der Waals surface area contributed by atoms with Crippen LogP contribution in [0.1, 0.15) is 119 Å². The van der Waals surface area contributed by atoms with Crippen molar-refractivity contribution >= 4 is 17.9 Å². The summed E-state index contributed by atoms with van der Waals surface area (Å²) in [6.45, 7) is 17.4. The van der Waals surface area contributed by atoms with E-state index in [1.807, 2.05) is 34.6 Å². The van der Waals surface area contributed by atoms with Crippen molar-refractivity contribution in [2.75, 3.05) is 6.54 Å². The lowest BCUT2D eigenvalue weighted by Gasteiger charge is -2.37. The molecule has 0 fully saturated rings. The van der Waals surface area contributed by atoms with Gasteiger partial charge in [0, 0.05) is 12.1 Å². The second-order valence-corrected chi connectivity index (χ2v) is 12.5. The molecule has 0 aromatic heterocycles. The SMILES string of the molecule is CCCCCCCCN(C(=O)C(NC(=O)OC(C)(C)C)C(C)CC)C(C(=O)NC(C)(C)C)c1ccc(O)cc1. The lowest BCUT2D eigenvalue weighted by molar-refractivity contribution is -0.144. The van der Waals surface area contributed by atoms with Crippen molar-refractivity contribution in [2.45, 2.75) is 130 Å². The first-order valence-electron chi connectivity index (χ1n) is 14.5. The van der Waals surface area contributed by atoms with Gasteiger partial charge >= 0.3 is 6.09 Å². The van der Waals surface area contributed by atoms with Crippen molar-refractivity contribution in [1.29, 1.82) is 0 Å². The number of carbonyl (C=O) groups is 3. The molecule has 0 heterocycles. The predicted octanol–water partition coefficient (Wildman–Crippen LogP) is 6.48. The molecule has 39 heavy (non-hydrogen) atoms. The van der Waals surface area contributed by atoms with Gasteiger partial charge in [-0.2, -0.15) is 0 Å². The van der Waals surface area contributed by atoms with E-state index in [4.69, 9.17) is 4.74 Å². The maximum atomic E-state index is 14.3. The Labute approximate surface area is 236 Å². The Morgan fingerprint density at radius 3 is 2.00 bits per heavy atom. The molecule has 0 radical (unpaired) electrons. The molecule has 0 saturated heterocycles. The molecule has 222 valence electrons. The molecular weight excluding hydrogens is 494 g/mol. The van der Waals surface area contributed by atoms with Crippen LogP contribution in [-0.2, 0) is 14.3 Å². The van der Waals surface area contributed by atoms with Crippen molar-refractivity contribution in [3.8, 4) is 5.75 Å². The first-order valence-corrected chi connectivity index (χ1v) is 14.5. The van der Waals surface area contributed by atoms with Crippen LogP contribution >= 0.6 is 0 Å². The highest BCUT2D eigenvalue weighted by Crippen LogP contribution is 2.27. The van der Waals surface area contributed by atoms with Crippen molar-refractivity contribution in [3.05, 3.63) is 29.8 Å². The average Bonchev–Trinajstić information content (AvgIpc) is 2.81. The summed E-state index contributed by atoms with van der Waals surface area (Å²) in [5, 5.41) is 15.7. The molecule has 8 heteroatoms. The Bertz CT molecular complexity index is 902. The number of benzene rings is 1. The van der Waals surface area contributed by atoms with Gasteiger partial charge in [-0.05, 0) is 71.6 Å². The number of phenols is 1. The highest BCUT2D eigenvalue weighted by Gasteiger charge is 2.38. The van der Waals surface area contributed by atoms with Crippen molar-refractivity contribution < 1.29 is 24.2 Å². The quantitative estimate of drug-likeness (QED) is 0.231. The van der Waals surface area contributed by atoms with Crippen LogP contribution in [-0.4, -0.2) is 51.6 Å². The topological polar surface area (TPSA) is 108 Å². The number of amides is 3. The van der Waals surface area contributed by atoms with E-state index in [1.54, 1.807) is 37.8 Å². The first kappa shape index (κ1) is 34.3. The molecule has 3 atom stereocenters. The minimum absolute atomic E-state index is 0.0756. The van der Waals surface area contributed by atoms with E-state index < -0.39 is 29.3 Å². The van der Waals surface area contributed by atoms with Crippen LogP contribution in [0.3, 0.4) is 0 Å². The normalized spacial score (nSPS) is 14.2. The average molecular weight is 548 g/mol. The fourth-order valence-corrected chi connectivity index (χ4v) is 4.29. The van der Waals surface area contributed by atoms with Gasteiger partial charge in [0.15, 0.2) is 0 Å². The largest absolute Gasteiger partial charge is 0.508 e. The predicted molar refractivity (Wildman–Crippen MR) is 156 cm³/mol. The number of nitrogens with zero attached hydrogens (tertiary/aromatic N) is 1. The number of carbonyl (C=O) groups excluding carboxylic acids is 3. The minimum Gasteiger partial charge on any atom is -0.508 e. The summed E-state index contributed by atoms with van der Waals surface area (Å²) < 4.78 is 5.47. The van der Waals surface area contributed by atoms with Crippen LogP contribution in [0.25, 0.3) is 0 Å². The van der Waals surface area contributed by atoms with Crippen LogP contribution in [0.4, 0.5) is 4.79 Å². The minimum atomic E-state index is -0.931. The second kappa shape index (κ2) is 15.7. The molecule has 0 bridgehead atoms. The Morgan fingerprint density at radius 1 is 0.923 bits per heavy atom. The van der Waals surface area contributed by atoms with E-state index in [2.05, 4.69) is 17.6 Å². The zero-order chi connectivity index (χ0) is 29.8. The number of unbranched alkanes of at least 4 members (excludes halogenated alkanes) is 5. The third-order valence-electron chi connectivity index (χ3n) is 6.45. The second-order valence-electron chi connectivity index (χ2n) is 12.5. The molecule has 0 spiro atoms. The number of alkyl carbamates (subject to hydrolysis) is 1. The smallest absolute Gasteiger partial charge is 0.408 e. The van der Waals surface area contributed by atoms with E-state index in [-0.39, 0.29) is 23.5 Å². The van der Waals surface area contributed by atoms with Crippen molar-refractivity contribution in [3.63, 3.8) is 0 Å². The van der Waals surface area contributed by atoms with E-state index >= 15 is 0 Å². The molecule has 1 aromatic carbocycles. The Hall–Kier alpha value is -2.77. The number of rotatable bonds is 14. The summed E-state index contributed by atoms with van der Waals surface area (Å²) >= 11 is 0. The highest BCUT2D eigenvalue weighted by atomic mass is 16.6. The van der Waals surface area contributed by atoms with Crippen LogP contribution in [0, 0.1) is 5.92 Å². The summed E-state index contributed by atoms with van der Waals surface area (Å²) in [5.74, 6) is -0.756. The van der Waals surface area contributed by atoms with E-state index in [0.717, 1.165) is 32.1 Å². The maximum absolute atomic E-state index is 14.3. The van der Waals surface area contributed by atoms with Gasteiger partial charge in [-0.15, -0.1) is 0 Å². The van der Waals surface area contributed by atoms with Crippen molar-refractivity contribution in [1.82, 2.24) is 15.5 Å². The number of nitrogens with one attached hydrogen (secondary N) is 2. The van der Waals surface area contributed by atoms with Gasteiger partial charge in [-0.25, -0.2) is 4.79 Å². The van der Waals surface area contributed by atoms with Gasteiger partial charge in [-0.1, -0.05) is 71.4 Å². The monoisotopic (exact) mass is 547 g/mol. The summed E-state index contributed by atoms with van der Waals surface area (Å²) in [5.41, 5.74) is -0.646. The molecule has 3 unspecified atom stereocenters. The van der Waals surface area contributed by atoms with Gasteiger partial charge < -0.3 is 25.4 Å². The third-order valence-corrected chi connectivity index (χ3v) is 6.45. The summed E-state index contributed by atoms with van der Waals surface area (Å²) in [4.78, 5) is 42.4. The molecule has 0 saturated carbocycles. The van der Waals surface area contributed by atoms with Crippen LogP contribution in [0.2, 0.25) is 0 Å². The Morgan fingerprint density at radius 2 is 1.49 bits per heavy atom. The molecule has 3 N–H and O–H groups in total. The van der Waals surface area contributed by atoms with Crippen molar-refractivity contribution in [2.24, 2.45) is 5.92 Å². The Balaban J connectivity index is 3.48. The van der Waals surface area contributed by atoms with E-state index in [1.165, 1.54) is 18.6 Å². The molecule has 3 amide bonds. The van der Waals surface area contributed by atoms with Crippen LogP contribution in [0.5, 0.6) is 5.75 Å². The molecular formula is C31H53N3O5. The maximum Gasteiger partial charge on any atom is 0.408 e. The molecule has 0 aliphatic rings. The van der Waals surface area contributed by atoms with E-state index in [0.29, 0.717) is 18.5 Å². The van der Waals surface area contributed by atoms with Gasteiger partial charge in [-0.3, -0.25) is 9.59 Å². The first-order chi connectivity index (χ1) is 18.1. The molecule has 8 nitrogen and oxygen atoms in total. The molecule has 1 aromatic rings. The van der Waals surface area contributed by atoms with Gasteiger partial charge in [0.25, 0.3) is 0 Å². The molecule has 1 rings (SSSR count).